The van der Waals surface area contributed by atoms with Crippen LogP contribution < -0.4 is 5.32 Å². The van der Waals surface area contributed by atoms with Gasteiger partial charge in [-0.15, -0.1) is 5.10 Å². The molecule has 0 spiro atoms. The summed E-state index contributed by atoms with van der Waals surface area (Å²) < 4.78 is 7.24. The summed E-state index contributed by atoms with van der Waals surface area (Å²) in [7, 11) is 0. The Labute approximate surface area is 211 Å². The van der Waals surface area contributed by atoms with Crippen LogP contribution in [-0.2, 0) is 22.6 Å². The predicted molar refractivity (Wildman–Crippen MR) is 138 cm³/mol. The highest BCUT2D eigenvalue weighted by molar-refractivity contribution is 5.88. The van der Waals surface area contributed by atoms with Crippen molar-refractivity contribution in [2.24, 2.45) is 5.92 Å². The smallest absolute Gasteiger partial charge is 0.250 e. The molecule has 0 bridgehead atoms. The first-order valence-corrected chi connectivity index (χ1v) is 12.4. The first-order chi connectivity index (χ1) is 17.4. The maximum atomic E-state index is 13.8. The number of carbonyl (C=O) groups excluding carboxylic acids is 2. The monoisotopic (exact) mass is 487 g/mol. The van der Waals surface area contributed by atoms with E-state index in [0.717, 1.165) is 23.1 Å². The van der Waals surface area contributed by atoms with Crippen molar-refractivity contribution in [2.45, 2.75) is 46.2 Å². The van der Waals surface area contributed by atoms with Gasteiger partial charge in [0.1, 0.15) is 17.8 Å². The molecule has 36 heavy (non-hydrogen) atoms. The third-order valence-corrected chi connectivity index (χ3v) is 6.14. The number of rotatable bonds is 11. The maximum absolute atomic E-state index is 13.8. The minimum Gasteiger partial charge on any atom is -0.467 e. The van der Waals surface area contributed by atoms with Crippen molar-refractivity contribution >= 4 is 22.8 Å². The lowest BCUT2D eigenvalue weighted by atomic mass is 10.1. The Bertz CT molecular complexity index is 1300. The van der Waals surface area contributed by atoms with Crippen LogP contribution in [0.2, 0.25) is 0 Å². The van der Waals surface area contributed by atoms with E-state index < -0.39 is 6.04 Å². The summed E-state index contributed by atoms with van der Waals surface area (Å²) in [6.07, 6.45) is 2.97. The van der Waals surface area contributed by atoms with E-state index >= 15 is 0 Å². The Morgan fingerprint density at radius 3 is 2.67 bits per heavy atom. The van der Waals surface area contributed by atoms with Gasteiger partial charge < -0.3 is 14.6 Å². The Balaban J connectivity index is 1.63. The van der Waals surface area contributed by atoms with Gasteiger partial charge in [0.15, 0.2) is 6.04 Å². The number of furan rings is 1. The van der Waals surface area contributed by atoms with E-state index in [1.807, 2.05) is 49.4 Å². The molecule has 188 valence electrons. The molecule has 0 saturated heterocycles. The largest absolute Gasteiger partial charge is 0.467 e. The van der Waals surface area contributed by atoms with Crippen molar-refractivity contribution in [1.82, 2.24) is 25.2 Å². The van der Waals surface area contributed by atoms with Crippen LogP contribution in [0, 0.1) is 12.8 Å². The van der Waals surface area contributed by atoms with Crippen LogP contribution >= 0.6 is 0 Å². The SMILES string of the molecule is Cc1cccc(CCN(C(=O)Cn2nnc3ccccc32)[C@@H](C(=O)NCCC(C)C)c2ccco2)c1. The Morgan fingerprint density at radius 2 is 1.92 bits per heavy atom. The molecule has 0 aliphatic carbocycles. The minimum absolute atomic E-state index is 0.0369. The second-order valence-electron chi connectivity index (χ2n) is 9.45. The molecule has 8 nitrogen and oxygen atoms in total. The highest BCUT2D eigenvalue weighted by atomic mass is 16.3. The Morgan fingerprint density at radius 1 is 1.08 bits per heavy atom. The third kappa shape index (κ3) is 6.19. The van der Waals surface area contributed by atoms with Crippen LogP contribution in [0.5, 0.6) is 0 Å². The fourth-order valence-electron chi connectivity index (χ4n) is 4.22. The summed E-state index contributed by atoms with van der Waals surface area (Å²) >= 11 is 0. The third-order valence-electron chi connectivity index (χ3n) is 6.14. The molecule has 0 saturated carbocycles. The summed E-state index contributed by atoms with van der Waals surface area (Å²) in [4.78, 5) is 28.8. The number of fused-ring (bicyclic) bond motifs is 1. The number of amides is 2. The fourth-order valence-corrected chi connectivity index (χ4v) is 4.22. The molecule has 0 fully saturated rings. The van der Waals surface area contributed by atoms with E-state index in [1.165, 1.54) is 6.26 Å². The normalized spacial score (nSPS) is 12.1. The van der Waals surface area contributed by atoms with Gasteiger partial charge in [-0.2, -0.15) is 0 Å². The van der Waals surface area contributed by atoms with E-state index in [4.69, 9.17) is 4.42 Å². The number of aryl methyl sites for hydroxylation is 1. The van der Waals surface area contributed by atoms with Crippen LogP contribution in [0.15, 0.2) is 71.3 Å². The van der Waals surface area contributed by atoms with Gasteiger partial charge in [-0.1, -0.05) is 61.0 Å². The van der Waals surface area contributed by atoms with Crippen LogP contribution in [0.3, 0.4) is 0 Å². The van der Waals surface area contributed by atoms with E-state index in [1.54, 1.807) is 21.7 Å². The van der Waals surface area contributed by atoms with Gasteiger partial charge in [-0.05, 0) is 55.5 Å². The molecule has 2 amide bonds. The van der Waals surface area contributed by atoms with Gasteiger partial charge in [-0.3, -0.25) is 9.59 Å². The molecular weight excluding hydrogens is 454 g/mol. The quantitative estimate of drug-likeness (QED) is 0.340. The van der Waals surface area contributed by atoms with Gasteiger partial charge in [0.2, 0.25) is 5.91 Å². The zero-order chi connectivity index (χ0) is 25.5. The van der Waals surface area contributed by atoms with Gasteiger partial charge >= 0.3 is 0 Å². The van der Waals surface area contributed by atoms with Crippen molar-refractivity contribution in [2.75, 3.05) is 13.1 Å². The molecule has 0 aliphatic rings. The maximum Gasteiger partial charge on any atom is 0.250 e. The van der Waals surface area contributed by atoms with Gasteiger partial charge in [-0.25, -0.2) is 4.68 Å². The van der Waals surface area contributed by atoms with Crippen LogP contribution in [0.4, 0.5) is 0 Å². The molecular formula is C28H33N5O3. The lowest BCUT2D eigenvalue weighted by molar-refractivity contribution is -0.142. The number of benzene rings is 2. The van der Waals surface area contributed by atoms with Crippen molar-refractivity contribution in [3.63, 3.8) is 0 Å². The number of nitrogens with zero attached hydrogens (tertiary/aromatic N) is 4. The summed E-state index contributed by atoms with van der Waals surface area (Å²) in [5.74, 6) is 0.385. The number of hydrogen-bond donors (Lipinski definition) is 1. The summed E-state index contributed by atoms with van der Waals surface area (Å²) in [5.41, 5.74) is 3.72. The summed E-state index contributed by atoms with van der Waals surface area (Å²) in [5, 5.41) is 11.4. The molecule has 1 N–H and O–H groups in total. The van der Waals surface area contributed by atoms with Crippen LogP contribution in [0.25, 0.3) is 11.0 Å². The van der Waals surface area contributed by atoms with Crippen LogP contribution in [-0.4, -0.2) is 44.8 Å². The van der Waals surface area contributed by atoms with E-state index in [9.17, 15) is 9.59 Å². The zero-order valence-electron chi connectivity index (χ0n) is 21.1. The number of carbonyl (C=O) groups is 2. The average Bonchev–Trinajstić information content (AvgIpc) is 3.52. The summed E-state index contributed by atoms with van der Waals surface area (Å²) in [6.45, 7) is 7.09. The molecule has 8 heteroatoms. The molecule has 0 aliphatic heterocycles. The lowest BCUT2D eigenvalue weighted by Crippen LogP contribution is -2.46. The lowest BCUT2D eigenvalue weighted by Gasteiger charge is -2.30. The Kier molecular flexibility index (Phi) is 8.15. The van der Waals surface area contributed by atoms with Crippen LogP contribution in [0.1, 0.15) is 43.2 Å². The second-order valence-corrected chi connectivity index (χ2v) is 9.45. The second kappa shape index (κ2) is 11.7. The standard InChI is InChI=1S/C28H33N5O3/c1-20(2)13-15-29-28(35)27(25-12-7-17-36-25)32(16-14-22-9-6-8-21(3)18-22)26(34)19-33-24-11-5-4-10-23(24)30-31-33/h4-12,17-18,20,27H,13-16,19H2,1-3H3,(H,29,35)/t27-/m1/s1. The van der Waals surface area contributed by atoms with Gasteiger partial charge in [0.05, 0.1) is 11.8 Å². The minimum atomic E-state index is -0.890. The fraction of sp³-hybridized carbons (Fsp3) is 0.357. The Hall–Kier alpha value is -3.94. The number of para-hydroxylation sites is 1. The number of nitrogens with one attached hydrogen (secondary N) is 1. The average molecular weight is 488 g/mol. The summed E-state index contributed by atoms with van der Waals surface area (Å²) in [6, 6.07) is 18.2. The van der Waals surface area contributed by atoms with Crippen molar-refractivity contribution in [3.8, 4) is 0 Å². The molecule has 0 unspecified atom stereocenters. The molecule has 2 aromatic heterocycles. The van der Waals surface area contributed by atoms with Gasteiger partial charge in [0.25, 0.3) is 5.91 Å². The predicted octanol–water partition coefficient (Wildman–Crippen LogP) is 4.31. The molecule has 2 heterocycles. The molecule has 0 radical (unpaired) electrons. The van der Waals surface area contributed by atoms with Gasteiger partial charge in [0, 0.05) is 13.1 Å². The number of hydrogen-bond acceptors (Lipinski definition) is 5. The van der Waals surface area contributed by atoms with Crippen molar-refractivity contribution in [3.05, 3.63) is 83.8 Å². The first kappa shape index (κ1) is 25.2. The zero-order valence-corrected chi connectivity index (χ0v) is 21.1. The molecule has 1 atom stereocenters. The molecule has 4 rings (SSSR count). The highest BCUT2D eigenvalue weighted by Crippen LogP contribution is 2.24. The van der Waals surface area contributed by atoms with Crippen molar-refractivity contribution < 1.29 is 14.0 Å². The number of aromatic nitrogens is 3. The van der Waals surface area contributed by atoms with E-state index in [0.29, 0.717) is 36.7 Å². The topological polar surface area (TPSA) is 93.3 Å². The van der Waals surface area contributed by atoms with Crippen molar-refractivity contribution in [1.29, 1.82) is 0 Å². The highest BCUT2D eigenvalue weighted by Gasteiger charge is 2.33. The molecule has 4 aromatic rings. The van der Waals surface area contributed by atoms with E-state index in [2.05, 4.69) is 35.5 Å². The first-order valence-electron chi connectivity index (χ1n) is 12.4. The molecule has 2 aromatic carbocycles. The van der Waals surface area contributed by atoms with E-state index in [-0.39, 0.29) is 18.4 Å².